The number of benzene rings is 1. The van der Waals surface area contributed by atoms with E-state index in [1.807, 2.05) is 0 Å². The molecule has 3 atom stereocenters. The molecule has 1 saturated heterocycles. The van der Waals surface area contributed by atoms with Gasteiger partial charge in [0.25, 0.3) is 6.43 Å². The molecular weight excluding hydrogens is 310 g/mol. The molecule has 122 valence electrons. The lowest BCUT2D eigenvalue weighted by Crippen LogP contribution is -2.39. The van der Waals surface area contributed by atoms with Gasteiger partial charge in [-0.15, -0.1) is 12.4 Å². The largest absolute Gasteiger partial charge is 0.325 e. The van der Waals surface area contributed by atoms with Crippen LogP contribution in [0.5, 0.6) is 0 Å². The van der Waals surface area contributed by atoms with E-state index in [4.69, 9.17) is 0 Å². The molecule has 0 bridgehead atoms. The molecule has 0 radical (unpaired) electrons. The Hall–Kier alpha value is -1.20. The van der Waals surface area contributed by atoms with E-state index in [1.54, 1.807) is 12.1 Å². The van der Waals surface area contributed by atoms with Crippen molar-refractivity contribution in [2.45, 2.75) is 50.6 Å². The molecule has 0 aromatic heterocycles. The minimum absolute atomic E-state index is 0. The summed E-state index contributed by atoms with van der Waals surface area (Å²) in [6.45, 7) is 0. The van der Waals surface area contributed by atoms with Crippen LogP contribution in [0.2, 0.25) is 0 Å². The first-order chi connectivity index (χ1) is 10.1. The van der Waals surface area contributed by atoms with E-state index < -0.39 is 6.43 Å². The van der Waals surface area contributed by atoms with E-state index in [2.05, 4.69) is 10.6 Å². The van der Waals surface area contributed by atoms with Crippen molar-refractivity contribution in [3.63, 3.8) is 0 Å². The number of fused-ring (bicyclic) bond motifs is 1. The van der Waals surface area contributed by atoms with Gasteiger partial charge in [0.2, 0.25) is 5.91 Å². The molecule has 3 nitrogen and oxygen atoms in total. The van der Waals surface area contributed by atoms with Crippen LogP contribution in [0.4, 0.5) is 14.5 Å². The molecule has 3 rings (SSSR count). The van der Waals surface area contributed by atoms with Crippen molar-refractivity contribution in [1.82, 2.24) is 5.32 Å². The summed E-state index contributed by atoms with van der Waals surface area (Å²) in [5.41, 5.74) is 0.371. The fourth-order valence-electron chi connectivity index (χ4n) is 3.50. The van der Waals surface area contributed by atoms with Crippen molar-refractivity contribution in [3.05, 3.63) is 29.8 Å². The number of hydrogen-bond donors (Lipinski definition) is 2. The van der Waals surface area contributed by atoms with Crippen LogP contribution in [0.25, 0.3) is 0 Å². The number of anilines is 1. The third-order valence-corrected chi connectivity index (χ3v) is 4.59. The maximum Gasteiger partial charge on any atom is 0.263 e. The molecule has 2 aliphatic rings. The lowest BCUT2D eigenvalue weighted by molar-refractivity contribution is -0.117. The lowest BCUT2D eigenvalue weighted by atomic mass is 9.85. The van der Waals surface area contributed by atoms with Gasteiger partial charge in [-0.1, -0.05) is 25.0 Å². The molecule has 1 heterocycles. The highest BCUT2D eigenvalue weighted by molar-refractivity contribution is 5.95. The average molecular weight is 331 g/mol. The van der Waals surface area contributed by atoms with Crippen LogP contribution in [0.3, 0.4) is 0 Å². The van der Waals surface area contributed by atoms with Crippen molar-refractivity contribution in [3.8, 4) is 0 Å². The molecule has 1 aromatic carbocycles. The predicted octanol–water partition coefficient (Wildman–Crippen LogP) is 3.91. The summed E-state index contributed by atoms with van der Waals surface area (Å²) in [5.74, 6) is 0.470. The van der Waals surface area contributed by atoms with Crippen LogP contribution in [-0.2, 0) is 4.79 Å². The Morgan fingerprint density at radius 2 is 2.05 bits per heavy atom. The highest BCUT2D eigenvalue weighted by Gasteiger charge is 2.38. The van der Waals surface area contributed by atoms with Gasteiger partial charge in [-0.05, 0) is 37.3 Å². The van der Waals surface area contributed by atoms with Crippen LogP contribution in [0.15, 0.2) is 24.3 Å². The first kappa shape index (κ1) is 17.2. The summed E-state index contributed by atoms with van der Waals surface area (Å²) < 4.78 is 25.3. The highest BCUT2D eigenvalue weighted by atomic mass is 35.5. The van der Waals surface area contributed by atoms with Crippen molar-refractivity contribution in [2.75, 3.05) is 5.32 Å². The Balaban J connectivity index is 0.00000176. The average Bonchev–Trinajstić information content (AvgIpc) is 2.91. The Bertz CT molecular complexity index is 513. The number of alkyl halides is 2. The van der Waals surface area contributed by atoms with Crippen LogP contribution < -0.4 is 10.6 Å². The highest BCUT2D eigenvalue weighted by Crippen LogP contribution is 2.33. The zero-order chi connectivity index (χ0) is 14.8. The number of halogens is 3. The normalized spacial score (nSPS) is 27.1. The smallest absolute Gasteiger partial charge is 0.263 e. The van der Waals surface area contributed by atoms with Gasteiger partial charge in [0, 0.05) is 17.3 Å². The van der Waals surface area contributed by atoms with Crippen molar-refractivity contribution in [1.29, 1.82) is 0 Å². The molecule has 0 spiro atoms. The summed E-state index contributed by atoms with van der Waals surface area (Å²) in [7, 11) is 0. The van der Waals surface area contributed by atoms with Gasteiger partial charge in [-0.2, -0.15) is 0 Å². The summed E-state index contributed by atoms with van der Waals surface area (Å²) in [6.07, 6.45) is 3.12. The number of hydrogen-bond acceptors (Lipinski definition) is 2. The van der Waals surface area contributed by atoms with Crippen molar-refractivity contribution in [2.24, 2.45) is 5.92 Å². The van der Waals surface area contributed by atoms with Crippen LogP contribution in [-0.4, -0.2) is 18.0 Å². The second kappa shape index (κ2) is 7.38. The number of carbonyl (C=O) groups is 1. The molecule has 2 N–H and O–H groups in total. The molecule has 1 saturated carbocycles. The molecule has 1 aliphatic carbocycles. The second-order valence-corrected chi connectivity index (χ2v) is 6.02. The number of amides is 1. The van der Waals surface area contributed by atoms with Gasteiger partial charge in [-0.3, -0.25) is 4.79 Å². The third-order valence-electron chi connectivity index (χ3n) is 4.59. The maximum atomic E-state index is 12.7. The zero-order valence-corrected chi connectivity index (χ0v) is 13.0. The van der Waals surface area contributed by atoms with E-state index >= 15 is 0 Å². The van der Waals surface area contributed by atoms with Crippen molar-refractivity contribution >= 4 is 24.0 Å². The fraction of sp³-hybridized carbons (Fsp3) is 0.562. The van der Waals surface area contributed by atoms with Gasteiger partial charge in [0.1, 0.15) is 0 Å². The molecule has 1 amide bonds. The first-order valence-corrected chi connectivity index (χ1v) is 7.58. The number of nitrogens with one attached hydrogen (secondary N) is 2. The summed E-state index contributed by atoms with van der Waals surface area (Å²) in [4.78, 5) is 12.3. The molecule has 6 heteroatoms. The lowest BCUT2D eigenvalue weighted by Gasteiger charge is -2.24. The SMILES string of the molecule is Cl.O=C(Nc1cccc(C(F)F)c1)C1CC2CCCCC2N1. The van der Waals surface area contributed by atoms with E-state index in [0.29, 0.717) is 17.6 Å². The minimum Gasteiger partial charge on any atom is -0.325 e. The second-order valence-electron chi connectivity index (χ2n) is 6.02. The fourth-order valence-corrected chi connectivity index (χ4v) is 3.50. The molecule has 3 unspecified atom stereocenters. The molecule has 1 aromatic rings. The van der Waals surface area contributed by atoms with Crippen LogP contribution >= 0.6 is 12.4 Å². The Labute approximate surface area is 135 Å². The Morgan fingerprint density at radius 1 is 1.27 bits per heavy atom. The quantitative estimate of drug-likeness (QED) is 0.882. The first-order valence-electron chi connectivity index (χ1n) is 7.58. The molecule has 22 heavy (non-hydrogen) atoms. The van der Waals surface area contributed by atoms with Gasteiger partial charge in [0.05, 0.1) is 6.04 Å². The topological polar surface area (TPSA) is 41.1 Å². The maximum absolute atomic E-state index is 12.7. The van der Waals surface area contributed by atoms with E-state index in [0.717, 1.165) is 12.8 Å². The molecular formula is C16H21ClF2N2O. The van der Waals surface area contributed by atoms with E-state index in [-0.39, 0.29) is 29.9 Å². The number of carbonyl (C=O) groups excluding carboxylic acids is 1. The van der Waals surface area contributed by atoms with Crippen LogP contribution in [0, 0.1) is 5.92 Å². The summed E-state index contributed by atoms with van der Waals surface area (Å²) in [5, 5.41) is 6.14. The van der Waals surface area contributed by atoms with Gasteiger partial charge < -0.3 is 10.6 Å². The van der Waals surface area contributed by atoms with E-state index in [9.17, 15) is 13.6 Å². The number of rotatable bonds is 3. The standard InChI is InChI=1S/C16H20F2N2O.ClH/c17-15(18)11-5-3-6-12(8-11)19-16(21)14-9-10-4-1-2-7-13(10)20-14;/h3,5-6,8,10,13-15,20H,1-2,4,7,9H2,(H,19,21);1H. The van der Waals surface area contributed by atoms with Gasteiger partial charge in [0.15, 0.2) is 0 Å². The van der Waals surface area contributed by atoms with Gasteiger partial charge in [-0.25, -0.2) is 8.78 Å². The zero-order valence-electron chi connectivity index (χ0n) is 12.2. The van der Waals surface area contributed by atoms with Crippen LogP contribution in [0.1, 0.15) is 44.1 Å². The monoisotopic (exact) mass is 330 g/mol. The minimum atomic E-state index is -2.52. The predicted molar refractivity (Wildman–Crippen MR) is 84.6 cm³/mol. The Morgan fingerprint density at radius 3 is 2.77 bits per heavy atom. The third kappa shape index (κ3) is 3.76. The molecule has 2 fully saturated rings. The molecule has 1 aliphatic heterocycles. The Kier molecular flexibility index (Phi) is 5.75. The summed E-state index contributed by atoms with van der Waals surface area (Å²) in [6, 6.07) is 6.13. The van der Waals surface area contributed by atoms with Gasteiger partial charge >= 0.3 is 0 Å². The summed E-state index contributed by atoms with van der Waals surface area (Å²) >= 11 is 0. The van der Waals surface area contributed by atoms with E-state index in [1.165, 1.54) is 31.4 Å². The van der Waals surface area contributed by atoms with Crippen molar-refractivity contribution < 1.29 is 13.6 Å².